The van der Waals surface area contributed by atoms with Gasteiger partial charge in [0, 0.05) is 60.7 Å². The molecule has 28 heavy (non-hydrogen) atoms. The zero-order valence-corrected chi connectivity index (χ0v) is 15.9. The summed E-state index contributed by atoms with van der Waals surface area (Å²) in [5.41, 5.74) is 1.27. The first-order chi connectivity index (χ1) is 13.4. The van der Waals surface area contributed by atoms with Crippen LogP contribution in [0, 0.1) is 11.6 Å². The Morgan fingerprint density at radius 3 is 2.46 bits per heavy atom. The molecule has 0 saturated carbocycles. The van der Waals surface area contributed by atoms with Gasteiger partial charge in [-0.15, -0.1) is 0 Å². The van der Waals surface area contributed by atoms with Gasteiger partial charge in [0.15, 0.2) is 0 Å². The Hall–Kier alpha value is -2.80. The highest BCUT2D eigenvalue weighted by atomic mass is 35.5. The second kappa shape index (κ2) is 7.31. The van der Waals surface area contributed by atoms with Crippen LogP contribution >= 0.6 is 11.6 Å². The van der Waals surface area contributed by atoms with Gasteiger partial charge in [0.25, 0.3) is 0 Å². The lowest BCUT2D eigenvalue weighted by atomic mass is 10.0. The lowest BCUT2D eigenvalue weighted by molar-refractivity contribution is -0.129. The third kappa shape index (κ3) is 3.38. The number of benzene rings is 2. The normalized spacial score (nSPS) is 14.6. The van der Waals surface area contributed by atoms with E-state index in [0.29, 0.717) is 42.3 Å². The molecule has 1 aliphatic heterocycles. The fourth-order valence-corrected chi connectivity index (χ4v) is 3.73. The van der Waals surface area contributed by atoms with Crippen LogP contribution in [0.3, 0.4) is 0 Å². The molecule has 0 N–H and O–H groups in total. The van der Waals surface area contributed by atoms with E-state index in [-0.39, 0.29) is 11.5 Å². The Morgan fingerprint density at radius 2 is 1.79 bits per heavy atom. The van der Waals surface area contributed by atoms with E-state index >= 15 is 0 Å². The Bertz CT molecular complexity index is 1070. The van der Waals surface area contributed by atoms with Crippen LogP contribution in [0.4, 0.5) is 14.6 Å². The van der Waals surface area contributed by atoms with Gasteiger partial charge < -0.3 is 9.80 Å². The van der Waals surface area contributed by atoms with Crippen LogP contribution in [0.5, 0.6) is 0 Å². The van der Waals surface area contributed by atoms with Gasteiger partial charge >= 0.3 is 0 Å². The molecule has 0 atom stereocenters. The van der Waals surface area contributed by atoms with E-state index in [1.807, 2.05) is 0 Å². The maximum absolute atomic E-state index is 14.2. The van der Waals surface area contributed by atoms with E-state index in [2.05, 4.69) is 14.9 Å². The highest BCUT2D eigenvalue weighted by Crippen LogP contribution is 2.35. The van der Waals surface area contributed by atoms with Crippen molar-refractivity contribution in [1.82, 2.24) is 14.9 Å². The summed E-state index contributed by atoms with van der Waals surface area (Å²) in [6.07, 6.45) is 1.45. The van der Waals surface area contributed by atoms with Gasteiger partial charge in [0.2, 0.25) is 5.91 Å². The molecule has 3 aromatic rings. The van der Waals surface area contributed by atoms with Gasteiger partial charge in [-0.05, 0) is 24.3 Å². The van der Waals surface area contributed by atoms with E-state index in [1.54, 1.807) is 24.0 Å². The van der Waals surface area contributed by atoms with Crippen molar-refractivity contribution in [2.75, 3.05) is 31.1 Å². The summed E-state index contributed by atoms with van der Waals surface area (Å²) < 4.78 is 27.4. The number of rotatable bonds is 2. The number of hydrogen-bond donors (Lipinski definition) is 0. The topological polar surface area (TPSA) is 49.3 Å². The molecule has 0 unspecified atom stereocenters. The van der Waals surface area contributed by atoms with Crippen LogP contribution in [0.2, 0.25) is 5.02 Å². The summed E-state index contributed by atoms with van der Waals surface area (Å²) in [5.74, 6) is -0.550. The number of nitrogens with zero attached hydrogens (tertiary/aromatic N) is 4. The SMILES string of the molecule is CC(=O)N1CCN(c2ncnc3cc(-c4ccc(F)cc4F)c(Cl)cc23)CC1. The molecule has 144 valence electrons. The molecule has 0 aliphatic carbocycles. The molecule has 1 amide bonds. The summed E-state index contributed by atoms with van der Waals surface area (Å²) >= 11 is 6.44. The molecule has 0 bridgehead atoms. The Kier molecular flexibility index (Phi) is 4.85. The number of fused-ring (bicyclic) bond motifs is 1. The second-order valence-corrected chi connectivity index (χ2v) is 7.07. The predicted octanol–water partition coefficient (Wildman–Crippen LogP) is 3.90. The second-order valence-electron chi connectivity index (χ2n) is 6.66. The molecule has 2 heterocycles. The predicted molar refractivity (Wildman–Crippen MR) is 104 cm³/mol. The van der Waals surface area contributed by atoms with Gasteiger partial charge in [-0.1, -0.05) is 11.6 Å². The van der Waals surface area contributed by atoms with E-state index in [0.717, 1.165) is 17.3 Å². The van der Waals surface area contributed by atoms with E-state index < -0.39 is 11.6 Å². The minimum absolute atomic E-state index is 0.0567. The van der Waals surface area contributed by atoms with Gasteiger partial charge in [-0.3, -0.25) is 4.79 Å². The van der Waals surface area contributed by atoms with Crippen LogP contribution in [-0.2, 0) is 4.79 Å². The monoisotopic (exact) mass is 402 g/mol. The summed E-state index contributed by atoms with van der Waals surface area (Å²) in [5, 5.41) is 1.08. The first-order valence-corrected chi connectivity index (χ1v) is 9.22. The van der Waals surface area contributed by atoms with E-state index in [1.165, 1.54) is 18.5 Å². The number of carbonyl (C=O) groups excluding carboxylic acids is 1. The molecule has 1 saturated heterocycles. The summed E-state index contributed by atoms with van der Waals surface area (Å²) in [4.78, 5) is 24.1. The molecule has 5 nitrogen and oxygen atoms in total. The molecular formula is C20H17ClF2N4O. The van der Waals surface area contributed by atoms with Crippen molar-refractivity contribution in [1.29, 1.82) is 0 Å². The minimum Gasteiger partial charge on any atom is -0.352 e. The zero-order valence-electron chi connectivity index (χ0n) is 15.1. The van der Waals surface area contributed by atoms with Gasteiger partial charge in [-0.25, -0.2) is 18.7 Å². The van der Waals surface area contributed by atoms with Crippen molar-refractivity contribution in [3.63, 3.8) is 0 Å². The maximum Gasteiger partial charge on any atom is 0.219 e. The average molecular weight is 403 g/mol. The number of piperazine rings is 1. The molecule has 1 aromatic heterocycles. The fourth-order valence-electron chi connectivity index (χ4n) is 3.46. The van der Waals surface area contributed by atoms with Gasteiger partial charge in [0.1, 0.15) is 23.8 Å². The van der Waals surface area contributed by atoms with Crippen LogP contribution in [0.15, 0.2) is 36.7 Å². The zero-order chi connectivity index (χ0) is 19.8. The third-order valence-electron chi connectivity index (χ3n) is 4.95. The van der Waals surface area contributed by atoms with Crippen LogP contribution in [0.25, 0.3) is 22.0 Å². The number of anilines is 1. The van der Waals surface area contributed by atoms with Crippen LogP contribution in [0.1, 0.15) is 6.92 Å². The Balaban J connectivity index is 1.74. The molecule has 2 aromatic carbocycles. The van der Waals surface area contributed by atoms with Crippen molar-refractivity contribution in [2.24, 2.45) is 0 Å². The summed E-state index contributed by atoms with van der Waals surface area (Å²) in [6.45, 7) is 4.10. The number of carbonyl (C=O) groups is 1. The smallest absolute Gasteiger partial charge is 0.219 e. The van der Waals surface area contributed by atoms with Crippen molar-refractivity contribution in [3.8, 4) is 11.1 Å². The fraction of sp³-hybridized carbons (Fsp3) is 0.250. The lowest BCUT2D eigenvalue weighted by Crippen LogP contribution is -2.48. The average Bonchev–Trinajstić information content (AvgIpc) is 2.67. The molecule has 0 spiro atoms. The van der Waals surface area contributed by atoms with E-state index in [4.69, 9.17) is 11.6 Å². The summed E-state index contributed by atoms with van der Waals surface area (Å²) in [6, 6.07) is 6.78. The molecule has 4 rings (SSSR count). The highest BCUT2D eigenvalue weighted by molar-refractivity contribution is 6.34. The van der Waals surface area contributed by atoms with Crippen LogP contribution < -0.4 is 4.90 Å². The van der Waals surface area contributed by atoms with Crippen molar-refractivity contribution < 1.29 is 13.6 Å². The molecule has 1 aliphatic rings. The summed E-state index contributed by atoms with van der Waals surface area (Å²) in [7, 11) is 0. The number of amides is 1. The largest absolute Gasteiger partial charge is 0.352 e. The minimum atomic E-state index is -0.684. The lowest BCUT2D eigenvalue weighted by Gasteiger charge is -2.35. The maximum atomic E-state index is 14.2. The Morgan fingerprint density at radius 1 is 1.04 bits per heavy atom. The standard InChI is InChI=1S/C20H17ClF2N4O/c1-12(28)26-4-6-27(7-5-26)20-16-9-17(21)15(10-19(16)24-11-25-20)14-3-2-13(22)8-18(14)23/h2-3,8-11H,4-7H2,1H3. The molecule has 1 fully saturated rings. The Labute approximate surface area is 165 Å². The van der Waals surface area contributed by atoms with E-state index in [9.17, 15) is 13.6 Å². The molecule has 8 heteroatoms. The highest BCUT2D eigenvalue weighted by Gasteiger charge is 2.22. The van der Waals surface area contributed by atoms with Crippen molar-refractivity contribution >= 4 is 34.2 Å². The van der Waals surface area contributed by atoms with Gasteiger partial charge in [-0.2, -0.15) is 0 Å². The number of halogens is 3. The third-order valence-corrected chi connectivity index (χ3v) is 5.26. The number of hydrogen-bond acceptors (Lipinski definition) is 4. The molecule has 0 radical (unpaired) electrons. The quantitative estimate of drug-likeness (QED) is 0.652. The molecular weight excluding hydrogens is 386 g/mol. The first kappa shape index (κ1) is 18.6. The first-order valence-electron chi connectivity index (χ1n) is 8.84. The van der Waals surface area contributed by atoms with Crippen molar-refractivity contribution in [3.05, 3.63) is 53.3 Å². The van der Waals surface area contributed by atoms with Gasteiger partial charge in [0.05, 0.1) is 5.52 Å². The van der Waals surface area contributed by atoms with Crippen molar-refractivity contribution in [2.45, 2.75) is 6.92 Å². The van der Waals surface area contributed by atoms with Crippen LogP contribution in [-0.4, -0.2) is 47.0 Å². The number of aromatic nitrogens is 2.